The zero-order valence-corrected chi connectivity index (χ0v) is 12.1. The highest BCUT2D eigenvalue weighted by atomic mass is 16.5. The van der Waals surface area contributed by atoms with Gasteiger partial charge in [0.2, 0.25) is 0 Å². The van der Waals surface area contributed by atoms with E-state index in [1.165, 1.54) is 11.3 Å². The minimum Gasteiger partial charge on any atom is -0.395 e. The third-order valence-electron chi connectivity index (χ3n) is 3.92. The van der Waals surface area contributed by atoms with Crippen LogP contribution in [0.2, 0.25) is 0 Å². The second kappa shape index (κ2) is 6.85. The van der Waals surface area contributed by atoms with E-state index in [2.05, 4.69) is 38.7 Å². The van der Waals surface area contributed by atoms with Gasteiger partial charge in [-0.1, -0.05) is 30.3 Å². The van der Waals surface area contributed by atoms with Crippen molar-refractivity contribution >= 4 is 0 Å². The molecule has 0 amide bonds. The fraction of sp³-hybridized carbons (Fsp3) is 0.438. The number of benzene rings is 1. The summed E-state index contributed by atoms with van der Waals surface area (Å²) in [6, 6.07) is 10.5. The Kier molecular flexibility index (Phi) is 4.65. The van der Waals surface area contributed by atoms with Crippen LogP contribution in [0, 0.1) is 0 Å². The van der Waals surface area contributed by atoms with Gasteiger partial charge in [0.1, 0.15) is 0 Å². The molecule has 0 aliphatic carbocycles. The molecule has 112 valence electrons. The van der Waals surface area contributed by atoms with E-state index in [1.807, 2.05) is 18.6 Å². The molecule has 1 N–H and O–H groups in total. The van der Waals surface area contributed by atoms with E-state index in [1.54, 1.807) is 0 Å². The van der Waals surface area contributed by atoms with Crippen LogP contribution in [0.3, 0.4) is 0 Å². The lowest BCUT2D eigenvalue weighted by molar-refractivity contribution is -0.0321. The van der Waals surface area contributed by atoms with Crippen LogP contribution in [-0.4, -0.2) is 52.0 Å². The highest BCUT2D eigenvalue weighted by Gasteiger charge is 2.23. The Balaban J connectivity index is 1.70. The number of hydrogen-bond donors (Lipinski definition) is 1. The normalized spacial score (nSPS) is 19.8. The van der Waals surface area contributed by atoms with Crippen molar-refractivity contribution < 1.29 is 9.84 Å². The Morgan fingerprint density at radius 3 is 2.90 bits per heavy atom. The summed E-state index contributed by atoms with van der Waals surface area (Å²) >= 11 is 0. The molecule has 0 saturated carbocycles. The Labute approximate surface area is 124 Å². The molecular formula is C16H21N3O2. The molecule has 1 aromatic carbocycles. The van der Waals surface area contributed by atoms with Crippen LogP contribution >= 0.6 is 0 Å². The minimum absolute atomic E-state index is 0.0822. The second-order valence-corrected chi connectivity index (χ2v) is 5.38. The zero-order chi connectivity index (χ0) is 14.5. The Morgan fingerprint density at radius 2 is 2.10 bits per heavy atom. The monoisotopic (exact) mass is 287 g/mol. The Bertz CT molecular complexity index is 556. The van der Waals surface area contributed by atoms with Crippen LogP contribution in [0.1, 0.15) is 11.3 Å². The molecule has 1 fully saturated rings. The van der Waals surface area contributed by atoms with E-state index in [9.17, 15) is 5.11 Å². The molecule has 5 nitrogen and oxygen atoms in total. The first kappa shape index (κ1) is 14.3. The lowest BCUT2D eigenvalue weighted by atomic mass is 10.2. The smallest absolute Gasteiger partial charge is 0.0951 e. The van der Waals surface area contributed by atoms with Crippen LogP contribution in [-0.2, 0) is 17.8 Å². The summed E-state index contributed by atoms with van der Waals surface area (Å²) in [5.41, 5.74) is 2.43. The quantitative estimate of drug-likeness (QED) is 0.895. The van der Waals surface area contributed by atoms with Crippen molar-refractivity contribution in [1.82, 2.24) is 14.5 Å². The zero-order valence-electron chi connectivity index (χ0n) is 12.1. The number of nitrogens with zero attached hydrogens (tertiary/aromatic N) is 3. The van der Waals surface area contributed by atoms with E-state index in [-0.39, 0.29) is 12.6 Å². The molecule has 0 radical (unpaired) electrons. The van der Waals surface area contributed by atoms with Gasteiger partial charge in [-0.25, -0.2) is 4.98 Å². The SMILES string of the molecule is OCC1COCCN1Cc1cncn1Cc1ccccc1. The molecule has 0 bridgehead atoms. The van der Waals surface area contributed by atoms with Crippen molar-refractivity contribution in [1.29, 1.82) is 0 Å². The van der Waals surface area contributed by atoms with Gasteiger partial charge in [-0.05, 0) is 5.56 Å². The number of aliphatic hydroxyl groups is 1. The van der Waals surface area contributed by atoms with Gasteiger partial charge in [0.15, 0.2) is 0 Å². The summed E-state index contributed by atoms with van der Waals surface area (Å²) in [7, 11) is 0. The summed E-state index contributed by atoms with van der Waals surface area (Å²) in [6.45, 7) is 3.92. The second-order valence-electron chi connectivity index (χ2n) is 5.38. The van der Waals surface area contributed by atoms with Crippen LogP contribution in [0.4, 0.5) is 0 Å². The van der Waals surface area contributed by atoms with Gasteiger partial charge in [0.05, 0.1) is 37.9 Å². The van der Waals surface area contributed by atoms with Crippen LogP contribution in [0.25, 0.3) is 0 Å². The van der Waals surface area contributed by atoms with E-state index in [0.717, 1.165) is 26.2 Å². The average Bonchev–Trinajstić information content (AvgIpc) is 2.96. The fourth-order valence-electron chi connectivity index (χ4n) is 2.68. The first-order valence-corrected chi connectivity index (χ1v) is 7.32. The first-order valence-electron chi connectivity index (χ1n) is 7.32. The Morgan fingerprint density at radius 1 is 1.24 bits per heavy atom. The van der Waals surface area contributed by atoms with Crippen molar-refractivity contribution in [3.63, 3.8) is 0 Å². The summed E-state index contributed by atoms with van der Waals surface area (Å²) in [6.07, 6.45) is 3.78. The molecule has 1 aliphatic heterocycles. The molecule has 1 unspecified atom stereocenters. The lowest BCUT2D eigenvalue weighted by Crippen LogP contribution is -2.47. The Hall–Kier alpha value is -1.69. The van der Waals surface area contributed by atoms with Gasteiger partial charge >= 0.3 is 0 Å². The molecule has 1 saturated heterocycles. The molecule has 1 aromatic heterocycles. The van der Waals surface area contributed by atoms with Crippen LogP contribution < -0.4 is 0 Å². The fourth-order valence-corrected chi connectivity index (χ4v) is 2.68. The van der Waals surface area contributed by atoms with Crippen molar-refractivity contribution in [2.45, 2.75) is 19.1 Å². The molecule has 2 heterocycles. The number of aromatic nitrogens is 2. The minimum atomic E-state index is 0.0822. The molecule has 1 atom stereocenters. The van der Waals surface area contributed by atoms with Crippen molar-refractivity contribution in [2.24, 2.45) is 0 Å². The van der Waals surface area contributed by atoms with E-state index in [4.69, 9.17) is 4.74 Å². The standard InChI is InChI=1S/C16H21N3O2/c20-11-16-12-21-7-6-18(16)10-15-8-17-13-19(15)9-14-4-2-1-3-5-14/h1-5,8,13,16,20H,6-7,9-12H2. The van der Waals surface area contributed by atoms with Gasteiger partial charge in [-0.2, -0.15) is 0 Å². The van der Waals surface area contributed by atoms with Gasteiger partial charge in [0.25, 0.3) is 0 Å². The molecule has 21 heavy (non-hydrogen) atoms. The number of hydrogen-bond acceptors (Lipinski definition) is 4. The molecular weight excluding hydrogens is 266 g/mol. The number of ether oxygens (including phenoxy) is 1. The topological polar surface area (TPSA) is 50.5 Å². The van der Waals surface area contributed by atoms with E-state index in [0.29, 0.717) is 6.61 Å². The maximum absolute atomic E-state index is 9.45. The molecule has 1 aliphatic rings. The maximum Gasteiger partial charge on any atom is 0.0951 e. The molecule has 0 spiro atoms. The van der Waals surface area contributed by atoms with Gasteiger partial charge in [0, 0.05) is 25.8 Å². The predicted octanol–water partition coefficient (Wildman–Crippen LogP) is 1.12. The largest absolute Gasteiger partial charge is 0.395 e. The third-order valence-corrected chi connectivity index (χ3v) is 3.92. The van der Waals surface area contributed by atoms with Crippen molar-refractivity contribution in [3.05, 3.63) is 54.1 Å². The van der Waals surface area contributed by atoms with Crippen LogP contribution in [0.15, 0.2) is 42.9 Å². The summed E-state index contributed by atoms with van der Waals surface area (Å²) in [5, 5.41) is 9.45. The van der Waals surface area contributed by atoms with E-state index < -0.39 is 0 Å². The predicted molar refractivity (Wildman–Crippen MR) is 79.9 cm³/mol. The van der Waals surface area contributed by atoms with Crippen molar-refractivity contribution in [2.75, 3.05) is 26.4 Å². The number of aliphatic hydroxyl groups excluding tert-OH is 1. The summed E-state index contributed by atoms with van der Waals surface area (Å²) in [4.78, 5) is 6.54. The summed E-state index contributed by atoms with van der Waals surface area (Å²) in [5.74, 6) is 0. The first-order chi connectivity index (χ1) is 10.4. The average molecular weight is 287 g/mol. The number of morpholine rings is 1. The number of imidazole rings is 1. The molecule has 2 aromatic rings. The highest BCUT2D eigenvalue weighted by molar-refractivity contribution is 5.16. The molecule has 3 rings (SSSR count). The third kappa shape index (κ3) is 3.50. The van der Waals surface area contributed by atoms with Gasteiger partial charge in [-0.15, -0.1) is 0 Å². The highest BCUT2D eigenvalue weighted by Crippen LogP contribution is 2.13. The van der Waals surface area contributed by atoms with Crippen molar-refractivity contribution in [3.8, 4) is 0 Å². The maximum atomic E-state index is 9.45. The van der Waals surface area contributed by atoms with Gasteiger partial charge in [-0.3, -0.25) is 4.90 Å². The summed E-state index contributed by atoms with van der Waals surface area (Å²) < 4.78 is 7.59. The van der Waals surface area contributed by atoms with Crippen LogP contribution in [0.5, 0.6) is 0 Å². The lowest BCUT2D eigenvalue weighted by Gasteiger charge is -2.34. The van der Waals surface area contributed by atoms with E-state index >= 15 is 0 Å². The van der Waals surface area contributed by atoms with Gasteiger partial charge < -0.3 is 14.4 Å². The number of rotatable bonds is 5. The molecule has 5 heteroatoms.